The van der Waals surface area contributed by atoms with Gasteiger partial charge >= 0.3 is 0 Å². The Balaban J connectivity index is 1.69. The Labute approximate surface area is 96.4 Å². The molecule has 2 rings (SSSR count). The number of nitrogens with two attached hydrogens (primary N) is 1. The number of nitrogens with zero attached hydrogens (tertiary/aromatic N) is 2. The van der Waals surface area contributed by atoms with Gasteiger partial charge in [0.05, 0.1) is 18.5 Å². The van der Waals surface area contributed by atoms with Gasteiger partial charge < -0.3 is 15.4 Å². The normalized spacial score (nSPS) is 15.1. The number of hydrogen-bond donors (Lipinski definition) is 1. The van der Waals surface area contributed by atoms with Gasteiger partial charge in [0.15, 0.2) is 0 Å². The number of rotatable bonds is 6. The molecule has 1 aliphatic rings. The molecule has 88 valence electrons. The summed E-state index contributed by atoms with van der Waals surface area (Å²) in [5.41, 5.74) is 6.28. The van der Waals surface area contributed by atoms with E-state index in [4.69, 9.17) is 10.5 Å². The van der Waals surface area contributed by atoms with Crippen LogP contribution < -0.4 is 10.6 Å². The van der Waals surface area contributed by atoms with Gasteiger partial charge in [0, 0.05) is 20.2 Å². The van der Waals surface area contributed by atoms with E-state index >= 15 is 0 Å². The van der Waals surface area contributed by atoms with Crippen LogP contribution in [0, 0.1) is 5.92 Å². The predicted octanol–water partition coefficient (Wildman–Crippen LogP) is 1.53. The molecule has 2 N–H and O–H groups in total. The van der Waals surface area contributed by atoms with Gasteiger partial charge in [0.25, 0.3) is 0 Å². The second-order valence-electron chi connectivity index (χ2n) is 4.39. The number of likely N-dealkylation sites (N-methyl/N-ethyl adjacent to an activating group) is 1. The fraction of sp³-hybridized carbons (Fsp3) is 0.583. The van der Waals surface area contributed by atoms with Crippen LogP contribution in [0.1, 0.15) is 12.8 Å². The van der Waals surface area contributed by atoms with Crippen LogP contribution in [0.5, 0.6) is 0 Å². The summed E-state index contributed by atoms with van der Waals surface area (Å²) >= 11 is 0. The van der Waals surface area contributed by atoms with Gasteiger partial charge in [-0.05, 0) is 30.9 Å². The quantitative estimate of drug-likeness (QED) is 0.740. The molecule has 0 aliphatic heterocycles. The van der Waals surface area contributed by atoms with Crippen molar-refractivity contribution in [1.29, 1.82) is 0 Å². The molecule has 0 unspecified atom stereocenters. The zero-order valence-electron chi connectivity index (χ0n) is 9.72. The van der Waals surface area contributed by atoms with Crippen molar-refractivity contribution in [2.75, 3.05) is 37.4 Å². The van der Waals surface area contributed by atoms with E-state index in [9.17, 15) is 0 Å². The molecule has 4 heteroatoms. The van der Waals surface area contributed by atoms with Crippen molar-refractivity contribution in [1.82, 2.24) is 4.98 Å². The minimum absolute atomic E-state index is 0.696. The molecule has 1 saturated carbocycles. The SMILES string of the molecule is CN(CCOCC1CC1)c1ccc(N)cn1. The highest BCUT2D eigenvalue weighted by molar-refractivity contribution is 5.45. The van der Waals surface area contributed by atoms with Crippen LogP contribution in [0.2, 0.25) is 0 Å². The maximum absolute atomic E-state index is 5.58. The van der Waals surface area contributed by atoms with Crippen LogP contribution in [0.15, 0.2) is 18.3 Å². The van der Waals surface area contributed by atoms with Crippen LogP contribution in [-0.4, -0.2) is 31.8 Å². The third kappa shape index (κ3) is 3.38. The molecule has 0 bridgehead atoms. The summed E-state index contributed by atoms with van der Waals surface area (Å²) in [6.45, 7) is 2.55. The molecular formula is C12H19N3O. The van der Waals surface area contributed by atoms with E-state index in [0.29, 0.717) is 5.69 Å². The molecule has 1 aromatic rings. The molecule has 0 aromatic carbocycles. The molecule has 1 fully saturated rings. The van der Waals surface area contributed by atoms with Gasteiger partial charge in [0.1, 0.15) is 5.82 Å². The second-order valence-corrected chi connectivity index (χ2v) is 4.39. The van der Waals surface area contributed by atoms with E-state index in [1.54, 1.807) is 6.20 Å². The zero-order valence-corrected chi connectivity index (χ0v) is 9.72. The van der Waals surface area contributed by atoms with Gasteiger partial charge in [-0.2, -0.15) is 0 Å². The number of anilines is 2. The number of ether oxygens (including phenoxy) is 1. The van der Waals surface area contributed by atoms with E-state index in [1.165, 1.54) is 12.8 Å². The molecule has 1 heterocycles. The van der Waals surface area contributed by atoms with E-state index in [-0.39, 0.29) is 0 Å². The average molecular weight is 221 g/mol. The summed E-state index contributed by atoms with van der Waals surface area (Å²) in [5, 5.41) is 0. The van der Waals surface area contributed by atoms with Crippen molar-refractivity contribution in [3.05, 3.63) is 18.3 Å². The molecule has 0 amide bonds. The highest BCUT2D eigenvalue weighted by atomic mass is 16.5. The fourth-order valence-corrected chi connectivity index (χ4v) is 1.47. The van der Waals surface area contributed by atoms with Gasteiger partial charge in [-0.1, -0.05) is 0 Å². The van der Waals surface area contributed by atoms with Crippen LogP contribution in [0.3, 0.4) is 0 Å². The highest BCUT2D eigenvalue weighted by Gasteiger charge is 2.20. The highest BCUT2D eigenvalue weighted by Crippen LogP contribution is 2.28. The molecule has 0 spiro atoms. The summed E-state index contributed by atoms with van der Waals surface area (Å²) in [4.78, 5) is 6.33. The van der Waals surface area contributed by atoms with E-state index < -0.39 is 0 Å². The maximum atomic E-state index is 5.58. The molecule has 4 nitrogen and oxygen atoms in total. The van der Waals surface area contributed by atoms with E-state index in [2.05, 4.69) is 9.88 Å². The summed E-state index contributed by atoms with van der Waals surface area (Å²) in [6.07, 6.45) is 4.36. The van der Waals surface area contributed by atoms with Crippen molar-refractivity contribution >= 4 is 11.5 Å². The summed E-state index contributed by atoms with van der Waals surface area (Å²) < 4.78 is 5.58. The van der Waals surface area contributed by atoms with Crippen LogP contribution in [0.25, 0.3) is 0 Å². The van der Waals surface area contributed by atoms with Crippen LogP contribution in [0.4, 0.5) is 11.5 Å². The monoisotopic (exact) mass is 221 g/mol. The van der Waals surface area contributed by atoms with Crippen molar-refractivity contribution < 1.29 is 4.74 Å². The smallest absolute Gasteiger partial charge is 0.128 e. The fourth-order valence-electron chi connectivity index (χ4n) is 1.47. The van der Waals surface area contributed by atoms with Gasteiger partial charge in [-0.15, -0.1) is 0 Å². The molecule has 0 atom stereocenters. The van der Waals surface area contributed by atoms with Crippen molar-refractivity contribution in [2.24, 2.45) is 5.92 Å². The van der Waals surface area contributed by atoms with E-state index in [0.717, 1.165) is 31.5 Å². The Bertz CT molecular complexity index is 322. The Morgan fingerprint density at radius 2 is 2.31 bits per heavy atom. The van der Waals surface area contributed by atoms with Crippen molar-refractivity contribution in [3.8, 4) is 0 Å². The lowest BCUT2D eigenvalue weighted by molar-refractivity contribution is 0.131. The standard InChI is InChI=1S/C12H19N3O/c1-15(6-7-16-9-10-2-3-10)12-5-4-11(13)8-14-12/h4-5,8,10H,2-3,6-7,9,13H2,1H3. The lowest BCUT2D eigenvalue weighted by Gasteiger charge is -2.17. The molecule has 16 heavy (non-hydrogen) atoms. The average Bonchev–Trinajstić information content (AvgIpc) is 3.09. The minimum atomic E-state index is 0.696. The molecule has 0 saturated heterocycles. The van der Waals surface area contributed by atoms with E-state index in [1.807, 2.05) is 19.2 Å². The largest absolute Gasteiger partial charge is 0.397 e. The number of pyridine rings is 1. The van der Waals surface area contributed by atoms with Crippen LogP contribution in [-0.2, 0) is 4.74 Å². The predicted molar refractivity (Wildman–Crippen MR) is 65.5 cm³/mol. The zero-order chi connectivity index (χ0) is 11.4. The topological polar surface area (TPSA) is 51.4 Å². The third-order valence-electron chi connectivity index (χ3n) is 2.78. The molecule has 1 aromatic heterocycles. The van der Waals surface area contributed by atoms with Crippen molar-refractivity contribution in [2.45, 2.75) is 12.8 Å². The second kappa shape index (κ2) is 5.16. The maximum Gasteiger partial charge on any atom is 0.128 e. The molecule has 1 aliphatic carbocycles. The Kier molecular flexibility index (Phi) is 3.62. The minimum Gasteiger partial charge on any atom is -0.397 e. The van der Waals surface area contributed by atoms with Crippen molar-refractivity contribution in [3.63, 3.8) is 0 Å². The number of hydrogen-bond acceptors (Lipinski definition) is 4. The first kappa shape index (κ1) is 11.2. The molecular weight excluding hydrogens is 202 g/mol. The first-order chi connectivity index (χ1) is 7.75. The van der Waals surface area contributed by atoms with Gasteiger partial charge in [0.2, 0.25) is 0 Å². The van der Waals surface area contributed by atoms with Crippen LogP contribution >= 0.6 is 0 Å². The number of aromatic nitrogens is 1. The summed E-state index contributed by atoms with van der Waals surface area (Å²) in [7, 11) is 2.01. The Hall–Kier alpha value is -1.29. The lowest BCUT2D eigenvalue weighted by Crippen LogP contribution is -2.23. The Morgan fingerprint density at radius 3 is 2.94 bits per heavy atom. The number of nitrogen functional groups attached to an aromatic ring is 1. The lowest BCUT2D eigenvalue weighted by atomic mass is 10.4. The summed E-state index contributed by atoms with van der Waals surface area (Å²) in [5.74, 6) is 1.77. The Morgan fingerprint density at radius 1 is 1.50 bits per heavy atom. The first-order valence-corrected chi connectivity index (χ1v) is 5.76. The third-order valence-corrected chi connectivity index (χ3v) is 2.78. The van der Waals surface area contributed by atoms with Gasteiger partial charge in [-0.25, -0.2) is 4.98 Å². The molecule has 0 radical (unpaired) electrons. The first-order valence-electron chi connectivity index (χ1n) is 5.76. The summed E-state index contributed by atoms with van der Waals surface area (Å²) in [6, 6.07) is 3.79. The van der Waals surface area contributed by atoms with Gasteiger partial charge in [-0.3, -0.25) is 0 Å².